The molecule has 26 heavy (non-hydrogen) atoms. The normalized spacial score (nSPS) is 11.5. The van der Waals surface area contributed by atoms with Crippen molar-refractivity contribution in [1.82, 2.24) is 16.0 Å². The van der Waals surface area contributed by atoms with Crippen molar-refractivity contribution in [3.05, 3.63) is 35.4 Å². The fraction of sp³-hybridized carbons (Fsp3) is 0.529. The summed E-state index contributed by atoms with van der Waals surface area (Å²) in [6.07, 6.45) is -3.13. The van der Waals surface area contributed by atoms with Crippen LogP contribution in [0.4, 0.5) is 13.2 Å². The molecule has 0 unspecified atom stereocenters. The third-order valence-electron chi connectivity index (χ3n) is 3.26. The van der Waals surface area contributed by atoms with Crippen LogP contribution in [0.3, 0.4) is 0 Å². The zero-order chi connectivity index (χ0) is 18.7. The zero-order valence-electron chi connectivity index (χ0n) is 14.9. The molecule has 1 amide bonds. The van der Waals surface area contributed by atoms with Gasteiger partial charge in [0.1, 0.15) is 0 Å². The Balaban J connectivity index is 0.00000625. The van der Waals surface area contributed by atoms with Crippen LogP contribution in [0.1, 0.15) is 37.8 Å². The molecule has 0 spiro atoms. The molecule has 0 aliphatic carbocycles. The number of nitrogens with one attached hydrogen (secondary N) is 3. The van der Waals surface area contributed by atoms with Gasteiger partial charge in [-0.2, -0.15) is 13.2 Å². The van der Waals surface area contributed by atoms with Gasteiger partial charge in [0, 0.05) is 26.1 Å². The van der Waals surface area contributed by atoms with Crippen LogP contribution in [-0.4, -0.2) is 31.5 Å². The van der Waals surface area contributed by atoms with Crippen LogP contribution in [-0.2, 0) is 17.5 Å². The Kier molecular flexibility index (Phi) is 12.0. The lowest BCUT2D eigenvalue weighted by atomic mass is 10.1. The summed E-state index contributed by atoms with van der Waals surface area (Å²) in [7, 11) is 0. The maximum Gasteiger partial charge on any atom is 0.416 e. The first-order valence-electron chi connectivity index (χ1n) is 8.31. The Morgan fingerprint density at radius 2 is 1.69 bits per heavy atom. The lowest BCUT2D eigenvalue weighted by molar-refractivity contribution is -0.137. The van der Waals surface area contributed by atoms with Crippen molar-refractivity contribution in [2.75, 3.05) is 19.6 Å². The standard InChI is InChI=1S/C17H25F3N4O.HI/c1-3-10-22-15(25)9-11-23-16(21-4-2)24-12-13-5-7-14(8-6-13)17(18,19)20;/h5-8H,3-4,9-12H2,1-2H3,(H,22,25)(H2,21,23,24);1H. The molecule has 5 nitrogen and oxygen atoms in total. The highest BCUT2D eigenvalue weighted by Crippen LogP contribution is 2.29. The molecule has 0 saturated carbocycles. The Morgan fingerprint density at radius 3 is 2.23 bits per heavy atom. The van der Waals surface area contributed by atoms with Crippen LogP contribution in [0.25, 0.3) is 0 Å². The minimum atomic E-state index is -4.34. The van der Waals surface area contributed by atoms with Gasteiger partial charge in [-0.3, -0.25) is 4.79 Å². The summed E-state index contributed by atoms with van der Waals surface area (Å²) in [4.78, 5) is 15.8. The van der Waals surface area contributed by atoms with Crippen LogP contribution < -0.4 is 16.0 Å². The average Bonchev–Trinajstić information content (AvgIpc) is 2.57. The topological polar surface area (TPSA) is 65.5 Å². The van der Waals surface area contributed by atoms with Crippen molar-refractivity contribution in [3.63, 3.8) is 0 Å². The SMILES string of the molecule is CCCNC(=O)CCNC(=NCc1ccc(C(F)(F)F)cc1)NCC.I. The van der Waals surface area contributed by atoms with E-state index in [1.807, 2.05) is 13.8 Å². The Hall–Kier alpha value is -1.52. The zero-order valence-corrected chi connectivity index (χ0v) is 17.3. The van der Waals surface area contributed by atoms with E-state index in [-0.39, 0.29) is 36.4 Å². The van der Waals surface area contributed by atoms with Gasteiger partial charge in [0.15, 0.2) is 5.96 Å². The Morgan fingerprint density at radius 1 is 1.04 bits per heavy atom. The summed E-state index contributed by atoms with van der Waals surface area (Å²) >= 11 is 0. The molecule has 1 aromatic carbocycles. The van der Waals surface area contributed by atoms with Crippen LogP contribution in [0.15, 0.2) is 29.3 Å². The summed E-state index contributed by atoms with van der Waals surface area (Å²) in [5.41, 5.74) is -0.00533. The monoisotopic (exact) mass is 486 g/mol. The van der Waals surface area contributed by atoms with E-state index in [1.54, 1.807) is 0 Å². The summed E-state index contributed by atoms with van der Waals surface area (Å²) in [5.74, 6) is 0.485. The summed E-state index contributed by atoms with van der Waals surface area (Å²) < 4.78 is 37.6. The van der Waals surface area contributed by atoms with Crippen molar-refractivity contribution >= 4 is 35.8 Å². The number of nitrogens with zero attached hydrogens (tertiary/aromatic N) is 1. The van der Waals surface area contributed by atoms with Gasteiger partial charge in [-0.15, -0.1) is 24.0 Å². The molecule has 0 bridgehead atoms. The number of hydrogen-bond acceptors (Lipinski definition) is 2. The molecule has 0 aromatic heterocycles. The summed E-state index contributed by atoms with van der Waals surface area (Å²) in [6, 6.07) is 4.91. The molecule has 0 saturated heterocycles. The van der Waals surface area contributed by atoms with Gasteiger partial charge in [-0.1, -0.05) is 19.1 Å². The van der Waals surface area contributed by atoms with Gasteiger partial charge < -0.3 is 16.0 Å². The minimum Gasteiger partial charge on any atom is -0.357 e. The minimum absolute atomic E-state index is 0. The molecule has 0 atom stereocenters. The summed E-state index contributed by atoms with van der Waals surface area (Å²) in [5, 5.41) is 8.85. The van der Waals surface area contributed by atoms with Crippen molar-refractivity contribution in [3.8, 4) is 0 Å². The second kappa shape index (κ2) is 12.8. The van der Waals surface area contributed by atoms with Crippen molar-refractivity contribution < 1.29 is 18.0 Å². The predicted octanol–water partition coefficient (Wildman–Crippen LogP) is 3.29. The van der Waals surface area contributed by atoms with Crippen LogP contribution in [0, 0.1) is 0 Å². The molecule has 0 aliphatic rings. The highest BCUT2D eigenvalue weighted by atomic mass is 127. The van der Waals surface area contributed by atoms with Gasteiger partial charge >= 0.3 is 6.18 Å². The van der Waals surface area contributed by atoms with Gasteiger partial charge in [0.05, 0.1) is 12.1 Å². The first-order valence-corrected chi connectivity index (χ1v) is 8.31. The average molecular weight is 486 g/mol. The van der Waals surface area contributed by atoms with Crippen molar-refractivity contribution in [2.45, 2.75) is 39.4 Å². The number of hydrogen-bond donors (Lipinski definition) is 3. The smallest absolute Gasteiger partial charge is 0.357 e. The summed E-state index contributed by atoms with van der Waals surface area (Å²) in [6.45, 7) is 5.85. The third kappa shape index (κ3) is 9.83. The van der Waals surface area contributed by atoms with E-state index in [4.69, 9.17) is 0 Å². The maximum absolute atomic E-state index is 12.5. The molecular weight excluding hydrogens is 460 g/mol. The number of guanidine groups is 1. The first-order chi connectivity index (χ1) is 11.9. The molecule has 0 aliphatic heterocycles. The highest BCUT2D eigenvalue weighted by Gasteiger charge is 2.29. The molecule has 3 N–H and O–H groups in total. The van der Waals surface area contributed by atoms with Crippen molar-refractivity contribution in [1.29, 1.82) is 0 Å². The first kappa shape index (κ1) is 24.5. The van der Waals surface area contributed by atoms with E-state index in [0.717, 1.165) is 18.6 Å². The van der Waals surface area contributed by atoms with E-state index in [0.29, 0.717) is 37.6 Å². The predicted molar refractivity (Wildman–Crippen MR) is 108 cm³/mol. The van der Waals surface area contributed by atoms with E-state index >= 15 is 0 Å². The van der Waals surface area contributed by atoms with E-state index < -0.39 is 11.7 Å². The molecule has 9 heteroatoms. The van der Waals surface area contributed by atoms with E-state index in [1.165, 1.54) is 12.1 Å². The molecule has 1 aromatic rings. The number of halogens is 4. The Bertz CT molecular complexity index is 562. The fourth-order valence-corrected chi connectivity index (χ4v) is 1.96. The molecule has 0 radical (unpaired) electrons. The number of alkyl halides is 3. The highest BCUT2D eigenvalue weighted by molar-refractivity contribution is 14.0. The number of carbonyl (C=O) groups is 1. The largest absolute Gasteiger partial charge is 0.416 e. The van der Waals surface area contributed by atoms with Gasteiger partial charge in [0.25, 0.3) is 0 Å². The fourth-order valence-electron chi connectivity index (χ4n) is 1.96. The third-order valence-corrected chi connectivity index (χ3v) is 3.26. The van der Waals surface area contributed by atoms with Gasteiger partial charge in [-0.05, 0) is 31.0 Å². The number of rotatable bonds is 8. The molecular formula is C17H26F3IN4O. The second-order valence-corrected chi connectivity index (χ2v) is 5.42. The van der Waals surface area contributed by atoms with Crippen LogP contribution in [0.2, 0.25) is 0 Å². The van der Waals surface area contributed by atoms with E-state index in [2.05, 4.69) is 20.9 Å². The number of carbonyl (C=O) groups excluding carboxylic acids is 1. The maximum atomic E-state index is 12.5. The van der Waals surface area contributed by atoms with Crippen LogP contribution in [0.5, 0.6) is 0 Å². The van der Waals surface area contributed by atoms with Crippen LogP contribution >= 0.6 is 24.0 Å². The van der Waals surface area contributed by atoms with Gasteiger partial charge in [0.2, 0.25) is 5.91 Å². The van der Waals surface area contributed by atoms with Crippen molar-refractivity contribution in [2.24, 2.45) is 4.99 Å². The number of benzene rings is 1. The molecule has 1 rings (SSSR count). The molecule has 0 heterocycles. The molecule has 0 fully saturated rings. The molecule has 148 valence electrons. The number of aliphatic imine (C=N–C) groups is 1. The lowest BCUT2D eigenvalue weighted by Gasteiger charge is -2.11. The number of amides is 1. The Labute approximate surface area is 169 Å². The van der Waals surface area contributed by atoms with E-state index in [9.17, 15) is 18.0 Å². The van der Waals surface area contributed by atoms with Gasteiger partial charge in [-0.25, -0.2) is 4.99 Å². The quantitative estimate of drug-likeness (QED) is 0.300. The second-order valence-electron chi connectivity index (χ2n) is 5.42. The lowest BCUT2D eigenvalue weighted by Crippen LogP contribution is -2.39.